The Bertz CT molecular complexity index is 873. The van der Waals surface area contributed by atoms with Crippen molar-refractivity contribution in [2.24, 2.45) is 0 Å². The summed E-state index contributed by atoms with van der Waals surface area (Å²) in [6, 6.07) is 13.4. The van der Waals surface area contributed by atoms with Gasteiger partial charge in [-0.25, -0.2) is 9.59 Å². The number of nitrogen functional groups attached to an aromatic ring is 2. The molecule has 2 rings (SSSR count). The zero-order chi connectivity index (χ0) is 22.8. The second-order valence-corrected chi connectivity index (χ2v) is 7.28. The second-order valence-electron chi connectivity index (χ2n) is 7.28. The number of benzene rings is 2. The van der Waals surface area contributed by atoms with E-state index in [9.17, 15) is 9.59 Å². The highest BCUT2D eigenvalue weighted by atomic mass is 16.6. The molecule has 8 nitrogen and oxygen atoms in total. The minimum Gasteiger partial charge on any atom is -0.459 e. The molecule has 0 saturated carbocycles. The average Bonchev–Trinajstić information content (AvgIpc) is 2.75. The van der Waals surface area contributed by atoms with Crippen LogP contribution in [0.5, 0.6) is 0 Å². The molecule has 0 saturated heterocycles. The predicted octanol–water partition coefficient (Wildman–Crippen LogP) is 3.06. The first-order valence-corrected chi connectivity index (χ1v) is 10.1. The smallest absolute Gasteiger partial charge is 0.340 e. The second kappa shape index (κ2) is 11.9. The number of carbonyl (C=O) groups is 2. The van der Waals surface area contributed by atoms with Gasteiger partial charge in [0.1, 0.15) is 12.7 Å². The van der Waals surface area contributed by atoms with Crippen LogP contribution in [0.1, 0.15) is 41.5 Å². The van der Waals surface area contributed by atoms with Gasteiger partial charge < -0.3 is 30.4 Å². The van der Waals surface area contributed by atoms with Gasteiger partial charge in [-0.05, 0) is 45.0 Å². The molecule has 0 spiro atoms. The zero-order valence-corrected chi connectivity index (χ0v) is 18.1. The van der Waals surface area contributed by atoms with Gasteiger partial charge in [0.2, 0.25) is 0 Å². The topological polar surface area (TPSA) is 123 Å². The van der Waals surface area contributed by atoms with Gasteiger partial charge in [0.25, 0.3) is 0 Å². The molecule has 0 radical (unpaired) electrons. The molecule has 0 heterocycles. The number of rotatable bonds is 11. The Morgan fingerprint density at radius 1 is 0.710 bits per heavy atom. The van der Waals surface area contributed by atoms with Crippen LogP contribution in [0.3, 0.4) is 0 Å². The number of hydrogen-bond acceptors (Lipinski definition) is 8. The largest absolute Gasteiger partial charge is 0.459 e. The van der Waals surface area contributed by atoms with Crippen LogP contribution in [-0.4, -0.2) is 50.1 Å². The van der Waals surface area contributed by atoms with Gasteiger partial charge in [-0.3, -0.25) is 0 Å². The average molecular weight is 431 g/mol. The SMILES string of the molecule is CC(COC(=O)c1ccccc1N)OCC(C)OCC(C)OC(=O)c1ccccc1N. The summed E-state index contributed by atoms with van der Waals surface area (Å²) in [5.74, 6) is -0.986. The van der Waals surface area contributed by atoms with Crippen LogP contribution < -0.4 is 11.5 Å². The van der Waals surface area contributed by atoms with Crippen molar-refractivity contribution in [2.45, 2.75) is 39.1 Å². The van der Waals surface area contributed by atoms with Gasteiger partial charge in [0, 0.05) is 11.4 Å². The highest BCUT2D eigenvalue weighted by molar-refractivity contribution is 5.95. The Hall–Kier alpha value is -3.10. The standard InChI is InChI=1S/C23H30N2O6/c1-15(29-14-17(3)31-23(27)19-9-5-7-11-21(19)25)12-28-16(2)13-30-22(26)18-8-4-6-10-20(18)24/h4-11,15-17H,12-14,24-25H2,1-3H3. The fraction of sp³-hybridized carbons (Fsp3) is 0.391. The predicted molar refractivity (Wildman–Crippen MR) is 118 cm³/mol. The lowest BCUT2D eigenvalue weighted by molar-refractivity contribution is -0.0682. The maximum Gasteiger partial charge on any atom is 0.340 e. The van der Waals surface area contributed by atoms with E-state index in [1.165, 1.54) is 0 Å². The molecule has 4 N–H and O–H groups in total. The molecule has 168 valence electrons. The molecule has 0 bridgehead atoms. The third kappa shape index (κ3) is 7.92. The molecule has 0 amide bonds. The lowest BCUT2D eigenvalue weighted by atomic mass is 10.2. The first-order chi connectivity index (χ1) is 14.8. The molecule has 3 unspecified atom stereocenters. The summed E-state index contributed by atoms with van der Waals surface area (Å²) < 4.78 is 21.9. The molecule has 0 aliphatic heterocycles. The molecular formula is C23H30N2O6. The van der Waals surface area contributed by atoms with E-state index in [2.05, 4.69) is 0 Å². The van der Waals surface area contributed by atoms with E-state index in [0.717, 1.165) is 0 Å². The van der Waals surface area contributed by atoms with Crippen molar-refractivity contribution in [3.05, 3.63) is 59.7 Å². The summed E-state index contributed by atoms with van der Waals surface area (Å²) in [6.45, 7) is 5.96. The van der Waals surface area contributed by atoms with E-state index in [-0.39, 0.29) is 25.4 Å². The van der Waals surface area contributed by atoms with Crippen LogP contribution >= 0.6 is 0 Å². The molecule has 0 fully saturated rings. The van der Waals surface area contributed by atoms with E-state index >= 15 is 0 Å². The fourth-order valence-electron chi connectivity index (χ4n) is 2.61. The monoisotopic (exact) mass is 430 g/mol. The van der Waals surface area contributed by atoms with E-state index in [4.69, 9.17) is 30.4 Å². The van der Waals surface area contributed by atoms with Crippen molar-refractivity contribution in [3.63, 3.8) is 0 Å². The Labute approximate surface area is 182 Å². The lowest BCUT2D eigenvalue weighted by Gasteiger charge is -2.20. The highest BCUT2D eigenvalue weighted by Gasteiger charge is 2.17. The number of para-hydroxylation sites is 2. The van der Waals surface area contributed by atoms with Crippen molar-refractivity contribution in [3.8, 4) is 0 Å². The maximum atomic E-state index is 12.2. The summed E-state index contributed by atoms with van der Waals surface area (Å²) >= 11 is 0. The van der Waals surface area contributed by atoms with Crippen LogP contribution in [-0.2, 0) is 18.9 Å². The Morgan fingerprint density at radius 3 is 1.71 bits per heavy atom. The Kier molecular flexibility index (Phi) is 9.30. The van der Waals surface area contributed by atoms with Crippen molar-refractivity contribution >= 4 is 23.3 Å². The van der Waals surface area contributed by atoms with Gasteiger partial charge in [-0.2, -0.15) is 0 Å². The van der Waals surface area contributed by atoms with Crippen LogP contribution in [0.4, 0.5) is 11.4 Å². The molecule has 0 aliphatic rings. The lowest BCUT2D eigenvalue weighted by Crippen LogP contribution is -2.28. The van der Waals surface area contributed by atoms with Crippen LogP contribution in [0.2, 0.25) is 0 Å². The van der Waals surface area contributed by atoms with Crippen molar-refractivity contribution < 1.29 is 28.5 Å². The summed E-state index contributed by atoms with van der Waals surface area (Å²) in [5, 5.41) is 0. The third-order valence-electron chi connectivity index (χ3n) is 4.35. The zero-order valence-electron chi connectivity index (χ0n) is 18.1. The fourth-order valence-corrected chi connectivity index (χ4v) is 2.61. The number of carbonyl (C=O) groups excluding carboxylic acids is 2. The Balaban J connectivity index is 1.65. The molecule has 0 aromatic heterocycles. The van der Waals surface area contributed by atoms with Crippen LogP contribution in [0.15, 0.2) is 48.5 Å². The number of anilines is 2. The van der Waals surface area contributed by atoms with Gasteiger partial charge in [-0.1, -0.05) is 24.3 Å². The van der Waals surface area contributed by atoms with Gasteiger partial charge in [-0.15, -0.1) is 0 Å². The van der Waals surface area contributed by atoms with E-state index in [1.54, 1.807) is 62.4 Å². The number of hydrogen-bond donors (Lipinski definition) is 2. The molecule has 2 aromatic rings. The van der Waals surface area contributed by atoms with Crippen molar-refractivity contribution in [2.75, 3.05) is 31.3 Å². The normalized spacial score (nSPS) is 13.8. The number of esters is 2. The van der Waals surface area contributed by atoms with E-state index in [0.29, 0.717) is 29.1 Å². The van der Waals surface area contributed by atoms with Crippen molar-refractivity contribution in [1.82, 2.24) is 0 Å². The molecule has 31 heavy (non-hydrogen) atoms. The minimum absolute atomic E-state index is 0.0897. The summed E-state index contributed by atoms with van der Waals surface area (Å²) in [7, 11) is 0. The quantitative estimate of drug-likeness (QED) is 0.412. The highest BCUT2D eigenvalue weighted by Crippen LogP contribution is 2.14. The first-order valence-electron chi connectivity index (χ1n) is 10.1. The molecule has 3 atom stereocenters. The third-order valence-corrected chi connectivity index (χ3v) is 4.35. The summed E-state index contributed by atoms with van der Waals surface area (Å²) in [4.78, 5) is 24.2. The molecule has 2 aromatic carbocycles. The van der Waals surface area contributed by atoms with Crippen LogP contribution in [0, 0.1) is 0 Å². The number of ether oxygens (including phenoxy) is 4. The molecule has 8 heteroatoms. The van der Waals surface area contributed by atoms with E-state index in [1.807, 2.05) is 6.92 Å². The van der Waals surface area contributed by atoms with Gasteiger partial charge >= 0.3 is 11.9 Å². The van der Waals surface area contributed by atoms with Gasteiger partial charge in [0.05, 0.1) is 36.5 Å². The van der Waals surface area contributed by atoms with Crippen LogP contribution in [0.25, 0.3) is 0 Å². The van der Waals surface area contributed by atoms with Crippen molar-refractivity contribution in [1.29, 1.82) is 0 Å². The summed E-state index contributed by atoms with van der Waals surface area (Å²) in [5.41, 5.74) is 12.9. The summed E-state index contributed by atoms with van der Waals surface area (Å²) in [6.07, 6.45) is -1.02. The molecule has 0 aliphatic carbocycles. The maximum absolute atomic E-state index is 12.2. The first kappa shape index (κ1) is 24.2. The Morgan fingerprint density at radius 2 is 1.16 bits per heavy atom. The minimum atomic E-state index is -0.493. The molecular weight excluding hydrogens is 400 g/mol. The van der Waals surface area contributed by atoms with Gasteiger partial charge in [0.15, 0.2) is 0 Å². The van der Waals surface area contributed by atoms with E-state index < -0.39 is 18.0 Å². The number of nitrogens with two attached hydrogens (primary N) is 2.